The lowest BCUT2D eigenvalue weighted by Gasteiger charge is -2.28. The van der Waals surface area contributed by atoms with Crippen LogP contribution in [-0.4, -0.2) is 4.57 Å². The highest BCUT2D eigenvalue weighted by atomic mass is 32.1. The van der Waals surface area contributed by atoms with Crippen molar-refractivity contribution >= 4 is 81.1 Å². The average molecular weight is 719 g/mol. The molecular weight excluding hydrogens is 685 g/mol. The monoisotopic (exact) mass is 718 g/mol. The molecule has 0 fully saturated rings. The Kier molecular flexibility index (Phi) is 7.39. The molecule has 11 rings (SSSR count). The topological polar surface area (TPSA) is 8.17 Å². The Labute approximate surface area is 323 Å². The number of anilines is 3. The maximum Gasteiger partial charge on any atom is 0.0542 e. The number of benzene rings is 9. The van der Waals surface area contributed by atoms with Gasteiger partial charge in [0.05, 0.1) is 16.7 Å². The Morgan fingerprint density at radius 1 is 0.382 bits per heavy atom. The zero-order valence-corrected chi connectivity index (χ0v) is 30.7. The molecule has 0 atom stereocenters. The first-order valence-corrected chi connectivity index (χ1v) is 19.6. The summed E-state index contributed by atoms with van der Waals surface area (Å²) in [4.78, 5) is 2.42. The maximum atomic E-state index is 2.42. The molecular formula is C52H34N2S. The van der Waals surface area contributed by atoms with Crippen molar-refractivity contribution < 1.29 is 0 Å². The summed E-state index contributed by atoms with van der Waals surface area (Å²) in [6.07, 6.45) is 0. The second-order valence-electron chi connectivity index (χ2n) is 14.1. The lowest BCUT2D eigenvalue weighted by molar-refractivity contribution is 1.18. The van der Waals surface area contributed by atoms with Gasteiger partial charge in [0.25, 0.3) is 0 Å². The molecule has 2 heterocycles. The molecule has 0 saturated carbocycles. The molecule has 0 aliphatic carbocycles. The van der Waals surface area contributed by atoms with Crippen LogP contribution in [0.5, 0.6) is 0 Å². The first-order chi connectivity index (χ1) is 27.3. The zero-order valence-electron chi connectivity index (χ0n) is 29.9. The Hall–Kier alpha value is -6.94. The highest BCUT2D eigenvalue weighted by Crippen LogP contribution is 2.44. The van der Waals surface area contributed by atoms with Crippen LogP contribution in [0.1, 0.15) is 0 Å². The van der Waals surface area contributed by atoms with E-state index in [1.54, 1.807) is 0 Å². The Morgan fingerprint density at radius 2 is 1.04 bits per heavy atom. The molecule has 0 radical (unpaired) electrons. The van der Waals surface area contributed by atoms with Crippen molar-refractivity contribution in [2.45, 2.75) is 0 Å². The maximum absolute atomic E-state index is 2.42. The van der Waals surface area contributed by atoms with E-state index in [4.69, 9.17) is 0 Å². The number of hydrogen-bond donors (Lipinski definition) is 0. The van der Waals surface area contributed by atoms with Crippen LogP contribution in [0.2, 0.25) is 0 Å². The molecule has 0 aliphatic heterocycles. The lowest BCUT2D eigenvalue weighted by Crippen LogP contribution is -2.11. The third kappa shape index (κ3) is 5.24. The Morgan fingerprint density at radius 3 is 1.89 bits per heavy atom. The van der Waals surface area contributed by atoms with E-state index in [9.17, 15) is 0 Å². The molecule has 55 heavy (non-hydrogen) atoms. The molecule has 0 saturated heterocycles. The number of thiophene rings is 1. The van der Waals surface area contributed by atoms with Gasteiger partial charge in [-0.3, -0.25) is 0 Å². The minimum absolute atomic E-state index is 1.10. The summed E-state index contributed by atoms with van der Waals surface area (Å²) >= 11 is 1.87. The largest absolute Gasteiger partial charge is 0.310 e. The fourth-order valence-electron chi connectivity index (χ4n) is 8.44. The van der Waals surface area contributed by atoms with Crippen LogP contribution in [0.3, 0.4) is 0 Å². The van der Waals surface area contributed by atoms with Gasteiger partial charge in [0.2, 0.25) is 0 Å². The summed E-state index contributed by atoms with van der Waals surface area (Å²) in [6, 6.07) is 75.1. The van der Waals surface area contributed by atoms with E-state index < -0.39 is 0 Å². The first kappa shape index (κ1) is 31.6. The van der Waals surface area contributed by atoms with Crippen molar-refractivity contribution in [2.24, 2.45) is 0 Å². The van der Waals surface area contributed by atoms with E-state index in [0.29, 0.717) is 0 Å². The summed E-state index contributed by atoms with van der Waals surface area (Å²) in [7, 11) is 0. The lowest BCUT2D eigenvalue weighted by atomic mass is 9.97. The van der Waals surface area contributed by atoms with E-state index >= 15 is 0 Å². The van der Waals surface area contributed by atoms with Gasteiger partial charge in [-0.05, 0) is 100 Å². The summed E-state index contributed by atoms with van der Waals surface area (Å²) in [5.41, 5.74) is 11.7. The summed E-state index contributed by atoms with van der Waals surface area (Å²) in [5, 5.41) is 7.71. The second kappa shape index (κ2) is 12.9. The van der Waals surface area contributed by atoms with Gasteiger partial charge >= 0.3 is 0 Å². The van der Waals surface area contributed by atoms with E-state index in [2.05, 4.69) is 216 Å². The van der Waals surface area contributed by atoms with Crippen LogP contribution >= 0.6 is 11.3 Å². The molecule has 0 bridgehead atoms. The van der Waals surface area contributed by atoms with Crippen LogP contribution in [0.25, 0.3) is 80.7 Å². The number of para-hydroxylation sites is 3. The fraction of sp³-hybridized carbons (Fsp3) is 0. The van der Waals surface area contributed by atoms with Gasteiger partial charge in [-0.1, -0.05) is 133 Å². The van der Waals surface area contributed by atoms with Gasteiger partial charge in [-0.15, -0.1) is 11.3 Å². The van der Waals surface area contributed by atoms with Crippen molar-refractivity contribution in [3.63, 3.8) is 0 Å². The van der Waals surface area contributed by atoms with Crippen molar-refractivity contribution in [2.75, 3.05) is 4.90 Å². The molecule has 258 valence electrons. The minimum atomic E-state index is 1.10. The van der Waals surface area contributed by atoms with E-state index in [0.717, 1.165) is 22.7 Å². The number of fused-ring (bicyclic) bond motifs is 8. The van der Waals surface area contributed by atoms with Gasteiger partial charge in [-0.25, -0.2) is 0 Å². The molecule has 0 amide bonds. The third-order valence-electron chi connectivity index (χ3n) is 11.0. The molecule has 2 aromatic heterocycles. The van der Waals surface area contributed by atoms with Crippen molar-refractivity contribution in [3.8, 4) is 27.9 Å². The fourth-order valence-corrected chi connectivity index (χ4v) is 9.56. The molecule has 0 unspecified atom stereocenters. The van der Waals surface area contributed by atoms with Crippen LogP contribution in [0.15, 0.2) is 206 Å². The smallest absolute Gasteiger partial charge is 0.0542 e. The predicted molar refractivity (Wildman–Crippen MR) is 237 cm³/mol. The van der Waals surface area contributed by atoms with E-state index in [-0.39, 0.29) is 0 Å². The number of nitrogens with zero attached hydrogens (tertiary/aromatic N) is 2. The summed E-state index contributed by atoms with van der Waals surface area (Å²) < 4.78 is 5.04. The zero-order chi connectivity index (χ0) is 36.3. The van der Waals surface area contributed by atoms with E-state index in [1.165, 1.54) is 75.0 Å². The molecule has 2 nitrogen and oxygen atoms in total. The van der Waals surface area contributed by atoms with Gasteiger partial charge in [-0.2, -0.15) is 0 Å². The molecule has 3 heteroatoms. The number of hydrogen-bond acceptors (Lipinski definition) is 2. The van der Waals surface area contributed by atoms with Crippen LogP contribution in [0, 0.1) is 0 Å². The van der Waals surface area contributed by atoms with Crippen LogP contribution in [0.4, 0.5) is 17.1 Å². The van der Waals surface area contributed by atoms with Gasteiger partial charge < -0.3 is 9.47 Å². The average Bonchev–Trinajstić information content (AvgIpc) is 3.81. The van der Waals surface area contributed by atoms with Crippen LogP contribution < -0.4 is 4.90 Å². The normalized spacial score (nSPS) is 11.6. The number of rotatable bonds is 6. The SMILES string of the molecule is c1ccc(-c2ccccc2N(c2ccc(-c3ccc4ccc5sc6ccccc6c5c4c3)cc2)c2ccc3c(c2)c2ccccc2n3-c2ccccc2)cc1. The second-order valence-corrected chi connectivity index (χ2v) is 15.2. The summed E-state index contributed by atoms with van der Waals surface area (Å²) in [6.45, 7) is 0. The Balaban J connectivity index is 1.08. The standard InChI is InChI=1S/C52H34N2S/c1-3-13-36(14-4-1)42-17-7-10-20-47(42)53(41-30-31-49-46(34-41)43-18-8-11-21-48(43)54(49)39-15-5-2-6-16-39)40-28-25-35(26-29-40)38-24-23-37-27-32-51-52(45(37)33-38)44-19-9-12-22-50(44)55-51/h1-34H. The molecule has 11 aromatic rings. The Bertz CT molecular complexity index is 3190. The van der Waals surface area contributed by atoms with Crippen LogP contribution in [-0.2, 0) is 0 Å². The van der Waals surface area contributed by atoms with Crippen molar-refractivity contribution in [1.82, 2.24) is 4.57 Å². The van der Waals surface area contributed by atoms with E-state index in [1.807, 2.05) is 11.3 Å². The highest BCUT2D eigenvalue weighted by molar-refractivity contribution is 7.26. The molecule has 0 aliphatic rings. The van der Waals surface area contributed by atoms with Gasteiger partial charge in [0.1, 0.15) is 0 Å². The minimum Gasteiger partial charge on any atom is -0.310 e. The molecule has 0 N–H and O–H groups in total. The summed E-state index contributed by atoms with van der Waals surface area (Å²) in [5.74, 6) is 0. The van der Waals surface area contributed by atoms with Gasteiger partial charge in [0.15, 0.2) is 0 Å². The van der Waals surface area contributed by atoms with Gasteiger partial charge in [0, 0.05) is 53.6 Å². The third-order valence-corrected chi connectivity index (χ3v) is 12.1. The van der Waals surface area contributed by atoms with Crippen molar-refractivity contribution in [3.05, 3.63) is 206 Å². The predicted octanol–water partition coefficient (Wildman–Crippen LogP) is 15.1. The molecule has 0 spiro atoms. The molecule has 9 aromatic carbocycles. The van der Waals surface area contributed by atoms with Crippen molar-refractivity contribution in [1.29, 1.82) is 0 Å². The quantitative estimate of drug-likeness (QED) is 0.166. The number of aromatic nitrogens is 1. The first-order valence-electron chi connectivity index (χ1n) is 18.8. The highest BCUT2D eigenvalue weighted by Gasteiger charge is 2.20.